The number of nitrogens with zero attached hydrogens (tertiary/aromatic N) is 2. The number of carbonyl (C=O) groups is 1. The molecule has 0 saturated carbocycles. The Morgan fingerprint density at radius 3 is 2.65 bits per heavy atom. The molecule has 0 saturated heterocycles. The van der Waals surface area contributed by atoms with Crippen LogP contribution in [0.5, 0.6) is 0 Å². The van der Waals surface area contributed by atoms with Crippen molar-refractivity contribution in [1.29, 1.82) is 0 Å². The van der Waals surface area contributed by atoms with E-state index < -0.39 is 0 Å². The highest BCUT2D eigenvalue weighted by atomic mass is 16.2. The van der Waals surface area contributed by atoms with Crippen molar-refractivity contribution < 1.29 is 4.79 Å². The molecule has 2 aromatic rings. The van der Waals surface area contributed by atoms with Crippen molar-refractivity contribution >= 4 is 5.91 Å². The summed E-state index contributed by atoms with van der Waals surface area (Å²) in [7, 11) is 0. The number of fused-ring (bicyclic) bond motifs is 2. The SMILES string of the molecule is CC(=O)n1ncc2c1Cc1ccccc1CC2. The quantitative estimate of drug-likeness (QED) is 0.690. The second-order valence-electron chi connectivity index (χ2n) is 4.49. The van der Waals surface area contributed by atoms with E-state index in [1.807, 2.05) is 6.20 Å². The third-order valence-electron chi connectivity index (χ3n) is 3.39. The number of carbonyl (C=O) groups excluding carboxylic acids is 1. The first kappa shape index (κ1) is 10.3. The Labute approximate surface area is 100 Å². The first-order chi connectivity index (χ1) is 8.25. The van der Waals surface area contributed by atoms with Crippen molar-refractivity contribution in [3.63, 3.8) is 0 Å². The van der Waals surface area contributed by atoms with Crippen molar-refractivity contribution in [2.45, 2.75) is 26.2 Å². The number of hydrogen-bond donors (Lipinski definition) is 0. The van der Waals surface area contributed by atoms with Crippen LogP contribution in [0.15, 0.2) is 30.5 Å². The van der Waals surface area contributed by atoms with E-state index in [1.54, 1.807) is 6.92 Å². The molecule has 0 spiro atoms. The van der Waals surface area contributed by atoms with Gasteiger partial charge in [0.25, 0.3) is 0 Å². The zero-order valence-electron chi connectivity index (χ0n) is 9.81. The van der Waals surface area contributed by atoms with E-state index in [2.05, 4.69) is 29.4 Å². The van der Waals surface area contributed by atoms with Crippen LogP contribution in [0.1, 0.15) is 34.1 Å². The fraction of sp³-hybridized carbons (Fsp3) is 0.286. The molecule has 0 bridgehead atoms. The maximum absolute atomic E-state index is 11.5. The van der Waals surface area contributed by atoms with Crippen LogP contribution in [0.3, 0.4) is 0 Å². The van der Waals surface area contributed by atoms with Gasteiger partial charge in [0.2, 0.25) is 5.91 Å². The van der Waals surface area contributed by atoms with E-state index in [4.69, 9.17) is 0 Å². The second kappa shape index (κ2) is 3.84. The third-order valence-corrected chi connectivity index (χ3v) is 3.39. The molecule has 0 radical (unpaired) electrons. The molecule has 0 unspecified atom stereocenters. The Morgan fingerprint density at radius 1 is 1.18 bits per heavy atom. The fourth-order valence-corrected chi connectivity index (χ4v) is 2.50. The summed E-state index contributed by atoms with van der Waals surface area (Å²) in [6, 6.07) is 8.44. The Hall–Kier alpha value is -1.90. The maximum Gasteiger partial charge on any atom is 0.243 e. The smallest absolute Gasteiger partial charge is 0.243 e. The summed E-state index contributed by atoms with van der Waals surface area (Å²) in [5.74, 6) is -0.00867. The largest absolute Gasteiger partial charge is 0.273 e. The van der Waals surface area contributed by atoms with Gasteiger partial charge in [0, 0.05) is 13.3 Å². The van der Waals surface area contributed by atoms with Crippen LogP contribution in [-0.2, 0) is 19.3 Å². The minimum Gasteiger partial charge on any atom is -0.273 e. The standard InChI is InChI=1S/C14H14N2O/c1-10(17)16-14-8-12-5-3-2-4-11(12)6-7-13(14)9-15-16/h2-5,9H,6-8H2,1H3. The van der Waals surface area contributed by atoms with Gasteiger partial charge in [-0.25, -0.2) is 4.68 Å². The monoisotopic (exact) mass is 226 g/mol. The molecule has 3 rings (SSSR count). The lowest BCUT2D eigenvalue weighted by molar-refractivity contribution is 0.0918. The van der Waals surface area contributed by atoms with Crippen molar-refractivity contribution in [2.75, 3.05) is 0 Å². The average Bonchev–Trinajstić information content (AvgIpc) is 2.63. The zero-order valence-corrected chi connectivity index (χ0v) is 9.81. The van der Waals surface area contributed by atoms with Crippen LogP contribution >= 0.6 is 0 Å². The normalized spacial score (nSPS) is 13.7. The molecule has 0 atom stereocenters. The van der Waals surface area contributed by atoms with Gasteiger partial charge in [-0.05, 0) is 29.5 Å². The number of aryl methyl sites for hydroxylation is 2. The summed E-state index contributed by atoms with van der Waals surface area (Å²) in [6.07, 6.45) is 4.65. The van der Waals surface area contributed by atoms with Gasteiger partial charge < -0.3 is 0 Å². The molecule has 86 valence electrons. The molecule has 1 heterocycles. The van der Waals surface area contributed by atoms with Crippen molar-refractivity contribution in [2.24, 2.45) is 0 Å². The Balaban J connectivity index is 2.11. The van der Waals surface area contributed by atoms with E-state index in [-0.39, 0.29) is 5.91 Å². The second-order valence-corrected chi connectivity index (χ2v) is 4.49. The zero-order chi connectivity index (χ0) is 11.8. The van der Waals surface area contributed by atoms with Crippen LogP contribution in [-0.4, -0.2) is 15.7 Å². The van der Waals surface area contributed by atoms with E-state index in [1.165, 1.54) is 21.4 Å². The maximum atomic E-state index is 11.5. The van der Waals surface area contributed by atoms with Gasteiger partial charge >= 0.3 is 0 Å². The molecule has 1 aromatic carbocycles. The Morgan fingerprint density at radius 2 is 1.88 bits per heavy atom. The van der Waals surface area contributed by atoms with E-state index >= 15 is 0 Å². The van der Waals surface area contributed by atoms with Gasteiger partial charge in [-0.3, -0.25) is 4.79 Å². The summed E-state index contributed by atoms with van der Waals surface area (Å²) in [6.45, 7) is 1.56. The Bertz CT molecular complexity index is 584. The first-order valence-electron chi connectivity index (χ1n) is 5.89. The van der Waals surface area contributed by atoms with Crippen molar-refractivity contribution in [1.82, 2.24) is 9.78 Å². The van der Waals surface area contributed by atoms with Gasteiger partial charge in [0.05, 0.1) is 11.9 Å². The number of benzene rings is 1. The van der Waals surface area contributed by atoms with E-state index in [0.717, 1.165) is 25.0 Å². The number of aromatic nitrogens is 2. The molecular weight excluding hydrogens is 212 g/mol. The van der Waals surface area contributed by atoms with Gasteiger partial charge in [-0.1, -0.05) is 24.3 Å². The molecule has 0 N–H and O–H groups in total. The highest BCUT2D eigenvalue weighted by Crippen LogP contribution is 2.23. The lowest BCUT2D eigenvalue weighted by Gasteiger charge is -2.06. The number of hydrogen-bond acceptors (Lipinski definition) is 2. The summed E-state index contributed by atoms with van der Waals surface area (Å²) in [4.78, 5) is 11.5. The van der Waals surface area contributed by atoms with Gasteiger partial charge in [-0.15, -0.1) is 0 Å². The van der Waals surface area contributed by atoms with Gasteiger partial charge in [0.1, 0.15) is 0 Å². The van der Waals surface area contributed by atoms with Gasteiger partial charge in [0.15, 0.2) is 0 Å². The van der Waals surface area contributed by atoms with E-state index in [0.29, 0.717) is 0 Å². The van der Waals surface area contributed by atoms with Crippen LogP contribution in [0, 0.1) is 0 Å². The fourth-order valence-electron chi connectivity index (χ4n) is 2.50. The highest BCUT2D eigenvalue weighted by molar-refractivity contribution is 5.76. The summed E-state index contributed by atoms with van der Waals surface area (Å²) in [5.41, 5.74) is 4.96. The average molecular weight is 226 g/mol. The molecule has 1 aromatic heterocycles. The van der Waals surface area contributed by atoms with Crippen LogP contribution in [0.25, 0.3) is 0 Å². The Kier molecular flexibility index (Phi) is 2.32. The topological polar surface area (TPSA) is 34.9 Å². The summed E-state index contributed by atoms with van der Waals surface area (Å²) in [5, 5.41) is 4.18. The lowest BCUT2D eigenvalue weighted by atomic mass is 10.0. The highest BCUT2D eigenvalue weighted by Gasteiger charge is 2.18. The molecule has 0 amide bonds. The van der Waals surface area contributed by atoms with Crippen LogP contribution < -0.4 is 0 Å². The molecule has 0 aliphatic heterocycles. The molecular formula is C14H14N2O. The molecule has 1 aliphatic rings. The molecule has 3 nitrogen and oxygen atoms in total. The van der Waals surface area contributed by atoms with Crippen molar-refractivity contribution in [3.8, 4) is 0 Å². The predicted molar refractivity (Wildman–Crippen MR) is 65.2 cm³/mol. The minimum atomic E-state index is -0.00867. The molecule has 1 aliphatic carbocycles. The first-order valence-corrected chi connectivity index (χ1v) is 5.89. The third kappa shape index (κ3) is 1.68. The van der Waals surface area contributed by atoms with E-state index in [9.17, 15) is 4.79 Å². The lowest BCUT2D eigenvalue weighted by Crippen LogP contribution is -2.12. The van der Waals surface area contributed by atoms with Crippen LogP contribution in [0.2, 0.25) is 0 Å². The van der Waals surface area contributed by atoms with Gasteiger partial charge in [-0.2, -0.15) is 5.10 Å². The van der Waals surface area contributed by atoms with Crippen molar-refractivity contribution in [3.05, 3.63) is 52.8 Å². The summed E-state index contributed by atoms with van der Waals surface area (Å²) < 4.78 is 1.54. The molecule has 0 fully saturated rings. The predicted octanol–water partition coefficient (Wildman–Crippen LogP) is 2.23. The summed E-state index contributed by atoms with van der Waals surface area (Å²) >= 11 is 0. The number of rotatable bonds is 0. The van der Waals surface area contributed by atoms with Crippen LogP contribution in [0.4, 0.5) is 0 Å². The molecule has 17 heavy (non-hydrogen) atoms. The minimum absolute atomic E-state index is 0.00867. The molecule has 3 heteroatoms.